The van der Waals surface area contributed by atoms with Crippen LogP contribution in [0.25, 0.3) is 5.57 Å². The lowest BCUT2D eigenvalue weighted by Crippen LogP contribution is -1.84. The van der Waals surface area contributed by atoms with Crippen molar-refractivity contribution in [3.63, 3.8) is 0 Å². The van der Waals surface area contributed by atoms with Gasteiger partial charge in [0.15, 0.2) is 11.7 Å². The van der Waals surface area contributed by atoms with Crippen LogP contribution in [0.1, 0.15) is 25.5 Å². The molecule has 0 unspecified atom stereocenters. The molecule has 0 atom stereocenters. The molecular formula is C14H19NO3. The lowest BCUT2D eigenvalue weighted by atomic mass is 10.1. The Morgan fingerprint density at radius 2 is 1.83 bits per heavy atom. The van der Waals surface area contributed by atoms with Crippen molar-refractivity contribution >= 4 is 5.57 Å². The van der Waals surface area contributed by atoms with E-state index in [1.807, 2.05) is 39.0 Å². The van der Waals surface area contributed by atoms with Gasteiger partial charge in [-0.2, -0.15) is 0 Å². The van der Waals surface area contributed by atoms with Crippen molar-refractivity contribution in [3.05, 3.63) is 47.6 Å². The summed E-state index contributed by atoms with van der Waals surface area (Å²) in [6.45, 7) is 5.57. The smallest absolute Gasteiger partial charge is 0.191 e. The molecule has 0 radical (unpaired) electrons. The van der Waals surface area contributed by atoms with Crippen molar-refractivity contribution < 1.29 is 13.9 Å². The summed E-state index contributed by atoms with van der Waals surface area (Å²) < 4.78 is 15.7. The molecule has 4 heteroatoms. The predicted molar refractivity (Wildman–Crippen MR) is 70.7 cm³/mol. The van der Waals surface area contributed by atoms with Gasteiger partial charge < -0.3 is 13.9 Å². The molecule has 0 aliphatic carbocycles. The monoisotopic (exact) mass is 249 g/mol. The number of hydrogen-bond acceptors (Lipinski definition) is 4. The SMILES string of the molecule is CO/C(C)=C/C=C(\C=C(/C)OC)c1cnc(C)o1. The lowest BCUT2D eigenvalue weighted by Gasteiger charge is -2.01. The van der Waals surface area contributed by atoms with Gasteiger partial charge in [0, 0.05) is 12.5 Å². The Bertz CT molecular complexity index is 481. The molecule has 0 aliphatic rings. The first kappa shape index (κ1) is 14.1. The van der Waals surface area contributed by atoms with Crippen molar-refractivity contribution in [2.75, 3.05) is 14.2 Å². The molecule has 0 saturated heterocycles. The number of hydrogen-bond donors (Lipinski definition) is 0. The molecule has 1 heterocycles. The standard InChI is InChI=1S/C14H19NO3/c1-10(16-4)6-7-13(8-11(2)17-5)14-9-15-12(3)18-14/h6-9H,1-5H3/b10-6+,11-8+,13-7+. The Kier molecular flexibility index (Phi) is 5.24. The maximum Gasteiger partial charge on any atom is 0.191 e. The average Bonchev–Trinajstić information content (AvgIpc) is 2.80. The van der Waals surface area contributed by atoms with E-state index in [-0.39, 0.29) is 0 Å². The van der Waals surface area contributed by atoms with Crippen molar-refractivity contribution in [2.45, 2.75) is 20.8 Å². The first-order valence-corrected chi connectivity index (χ1v) is 5.64. The Balaban J connectivity index is 3.11. The predicted octanol–water partition coefficient (Wildman–Crippen LogP) is 3.47. The van der Waals surface area contributed by atoms with Crippen LogP contribution < -0.4 is 0 Å². The number of ether oxygens (including phenoxy) is 2. The summed E-state index contributed by atoms with van der Waals surface area (Å²) in [4.78, 5) is 4.09. The maximum atomic E-state index is 5.51. The van der Waals surface area contributed by atoms with E-state index in [1.165, 1.54) is 0 Å². The Morgan fingerprint density at radius 3 is 2.33 bits per heavy atom. The molecule has 0 amide bonds. The highest BCUT2D eigenvalue weighted by Gasteiger charge is 2.05. The maximum absolute atomic E-state index is 5.51. The molecule has 0 aromatic carbocycles. The molecule has 1 aromatic rings. The molecule has 98 valence electrons. The van der Waals surface area contributed by atoms with Crippen LogP contribution in [0.3, 0.4) is 0 Å². The van der Waals surface area contributed by atoms with Crippen LogP contribution in [0.2, 0.25) is 0 Å². The van der Waals surface area contributed by atoms with E-state index in [4.69, 9.17) is 13.9 Å². The fraction of sp³-hybridized carbons (Fsp3) is 0.357. The molecule has 0 fully saturated rings. The minimum Gasteiger partial charge on any atom is -0.501 e. The van der Waals surface area contributed by atoms with Crippen molar-refractivity contribution in [1.82, 2.24) is 4.98 Å². The zero-order valence-corrected chi connectivity index (χ0v) is 11.5. The molecule has 1 aromatic heterocycles. The Morgan fingerprint density at radius 1 is 1.17 bits per heavy atom. The molecule has 0 bridgehead atoms. The van der Waals surface area contributed by atoms with Crippen LogP contribution in [0.4, 0.5) is 0 Å². The molecule has 0 aliphatic heterocycles. The van der Waals surface area contributed by atoms with Crippen molar-refractivity contribution in [2.24, 2.45) is 0 Å². The van der Waals surface area contributed by atoms with Gasteiger partial charge >= 0.3 is 0 Å². The van der Waals surface area contributed by atoms with Gasteiger partial charge in [0.1, 0.15) is 0 Å². The lowest BCUT2D eigenvalue weighted by molar-refractivity contribution is 0.293. The first-order valence-electron chi connectivity index (χ1n) is 5.64. The number of aromatic nitrogens is 1. The molecule has 18 heavy (non-hydrogen) atoms. The summed E-state index contributed by atoms with van der Waals surface area (Å²) in [5.41, 5.74) is 0.881. The van der Waals surface area contributed by atoms with Gasteiger partial charge in [-0.1, -0.05) is 0 Å². The minimum atomic E-state index is 0.631. The van der Waals surface area contributed by atoms with E-state index in [1.54, 1.807) is 20.4 Å². The van der Waals surface area contributed by atoms with Crippen LogP contribution in [0.5, 0.6) is 0 Å². The van der Waals surface area contributed by atoms with Gasteiger partial charge in [-0.05, 0) is 32.1 Å². The normalized spacial score (nSPS) is 13.7. The van der Waals surface area contributed by atoms with E-state index in [0.717, 1.165) is 17.1 Å². The van der Waals surface area contributed by atoms with Crippen LogP contribution in [-0.4, -0.2) is 19.2 Å². The van der Waals surface area contributed by atoms with Gasteiger partial charge in [-0.3, -0.25) is 0 Å². The fourth-order valence-electron chi connectivity index (χ4n) is 1.25. The highest BCUT2D eigenvalue weighted by atomic mass is 16.5. The molecule has 4 nitrogen and oxygen atoms in total. The van der Waals surface area contributed by atoms with Crippen molar-refractivity contribution in [3.8, 4) is 0 Å². The van der Waals surface area contributed by atoms with E-state index >= 15 is 0 Å². The summed E-state index contributed by atoms with van der Waals surface area (Å²) in [7, 11) is 3.26. The van der Waals surface area contributed by atoms with Gasteiger partial charge in [-0.25, -0.2) is 4.98 Å². The van der Waals surface area contributed by atoms with Crippen LogP contribution in [-0.2, 0) is 9.47 Å². The van der Waals surface area contributed by atoms with Crippen LogP contribution in [0, 0.1) is 6.92 Å². The number of nitrogens with zero attached hydrogens (tertiary/aromatic N) is 1. The van der Waals surface area contributed by atoms with Gasteiger partial charge in [-0.15, -0.1) is 0 Å². The zero-order valence-electron chi connectivity index (χ0n) is 11.5. The van der Waals surface area contributed by atoms with E-state index in [0.29, 0.717) is 11.7 Å². The third-order valence-corrected chi connectivity index (χ3v) is 2.41. The molecule has 0 spiro atoms. The van der Waals surface area contributed by atoms with Gasteiger partial charge in [0.2, 0.25) is 0 Å². The average molecular weight is 249 g/mol. The van der Waals surface area contributed by atoms with E-state index in [9.17, 15) is 0 Å². The van der Waals surface area contributed by atoms with Crippen LogP contribution >= 0.6 is 0 Å². The van der Waals surface area contributed by atoms with E-state index in [2.05, 4.69) is 4.98 Å². The molecular weight excluding hydrogens is 230 g/mol. The first-order chi connectivity index (χ1) is 8.56. The van der Waals surface area contributed by atoms with E-state index < -0.39 is 0 Å². The number of allylic oxidation sites excluding steroid dienone is 6. The number of methoxy groups -OCH3 is 2. The third kappa shape index (κ3) is 4.13. The molecule has 0 saturated carbocycles. The highest BCUT2D eigenvalue weighted by Crippen LogP contribution is 2.19. The second-order valence-corrected chi connectivity index (χ2v) is 3.81. The summed E-state index contributed by atoms with van der Waals surface area (Å²) in [5, 5.41) is 0. The Labute approximate surface area is 108 Å². The largest absolute Gasteiger partial charge is 0.501 e. The second kappa shape index (κ2) is 6.69. The topological polar surface area (TPSA) is 44.5 Å². The van der Waals surface area contributed by atoms with Gasteiger partial charge in [0.25, 0.3) is 0 Å². The number of oxazole rings is 1. The molecule has 1 rings (SSSR count). The highest BCUT2D eigenvalue weighted by molar-refractivity contribution is 5.72. The van der Waals surface area contributed by atoms with Crippen molar-refractivity contribution in [1.29, 1.82) is 0 Å². The number of aryl methyl sites for hydroxylation is 1. The second-order valence-electron chi connectivity index (χ2n) is 3.81. The fourth-order valence-corrected chi connectivity index (χ4v) is 1.25. The minimum absolute atomic E-state index is 0.631. The van der Waals surface area contributed by atoms with Gasteiger partial charge in [0.05, 0.1) is 31.9 Å². The van der Waals surface area contributed by atoms with Crippen LogP contribution in [0.15, 0.2) is 40.4 Å². The molecule has 0 N–H and O–H groups in total. The number of rotatable bonds is 5. The quantitative estimate of drug-likeness (QED) is 0.592. The zero-order chi connectivity index (χ0) is 13.5. The Hall–Kier alpha value is -1.97. The summed E-state index contributed by atoms with van der Waals surface area (Å²) in [5.74, 6) is 2.93. The summed E-state index contributed by atoms with van der Waals surface area (Å²) >= 11 is 0. The summed E-state index contributed by atoms with van der Waals surface area (Å²) in [6, 6.07) is 0. The third-order valence-electron chi connectivity index (χ3n) is 2.41. The summed E-state index contributed by atoms with van der Waals surface area (Å²) in [6.07, 6.45) is 7.35.